The van der Waals surface area contributed by atoms with Gasteiger partial charge in [0, 0.05) is 6.54 Å². The van der Waals surface area contributed by atoms with Gasteiger partial charge < -0.3 is 9.64 Å². The monoisotopic (exact) mass is 203 g/mol. The van der Waals surface area contributed by atoms with Gasteiger partial charge in [-0.15, -0.1) is 0 Å². The van der Waals surface area contributed by atoms with E-state index in [0.717, 1.165) is 18.7 Å². The molecule has 1 aromatic rings. The Hall–Kier alpha value is -1.51. The van der Waals surface area contributed by atoms with Crippen molar-refractivity contribution in [1.29, 1.82) is 0 Å². The molecule has 78 valence electrons. The highest BCUT2D eigenvalue weighted by atomic mass is 16.5. The SMILES string of the molecule is COc1ccc2c(c1)CCN1C(=O)CC21. The van der Waals surface area contributed by atoms with E-state index in [-0.39, 0.29) is 0 Å². The number of carbonyl (C=O) groups is 1. The van der Waals surface area contributed by atoms with Gasteiger partial charge >= 0.3 is 0 Å². The first-order valence-electron chi connectivity index (χ1n) is 5.26. The number of ether oxygens (including phenoxy) is 1. The van der Waals surface area contributed by atoms with Crippen molar-refractivity contribution < 1.29 is 9.53 Å². The predicted molar refractivity (Wildman–Crippen MR) is 55.8 cm³/mol. The minimum Gasteiger partial charge on any atom is -0.497 e. The summed E-state index contributed by atoms with van der Waals surface area (Å²) in [6, 6.07) is 6.50. The van der Waals surface area contributed by atoms with Gasteiger partial charge in [-0.3, -0.25) is 4.79 Å². The van der Waals surface area contributed by atoms with E-state index in [0.29, 0.717) is 18.4 Å². The Balaban J connectivity index is 1.99. The van der Waals surface area contributed by atoms with Gasteiger partial charge in [0.1, 0.15) is 5.75 Å². The summed E-state index contributed by atoms with van der Waals surface area (Å²) in [6.07, 6.45) is 1.63. The molecule has 0 N–H and O–H groups in total. The summed E-state index contributed by atoms with van der Waals surface area (Å²) in [5.74, 6) is 1.20. The molecule has 2 heterocycles. The molecule has 1 atom stereocenters. The minimum absolute atomic E-state index is 0.293. The standard InChI is InChI=1S/C12H13NO2/c1-15-9-2-3-10-8(6-9)4-5-13-11(10)7-12(13)14/h2-3,6,11H,4-5,7H2,1H3. The summed E-state index contributed by atoms with van der Waals surface area (Å²) in [5, 5.41) is 0. The molecule has 1 saturated heterocycles. The van der Waals surface area contributed by atoms with Gasteiger partial charge in [0.2, 0.25) is 5.91 Å². The summed E-state index contributed by atoms with van der Waals surface area (Å²) in [7, 11) is 1.68. The van der Waals surface area contributed by atoms with Crippen molar-refractivity contribution in [1.82, 2.24) is 4.90 Å². The van der Waals surface area contributed by atoms with E-state index in [1.54, 1.807) is 7.11 Å². The highest BCUT2D eigenvalue weighted by Crippen LogP contribution is 2.40. The Bertz CT molecular complexity index is 428. The second-order valence-electron chi connectivity index (χ2n) is 4.12. The normalized spacial score (nSPS) is 22.9. The van der Waals surface area contributed by atoms with E-state index >= 15 is 0 Å². The van der Waals surface area contributed by atoms with E-state index in [4.69, 9.17) is 4.74 Å². The molecule has 2 aliphatic rings. The quantitative estimate of drug-likeness (QED) is 0.648. The third-order valence-electron chi connectivity index (χ3n) is 3.40. The first kappa shape index (κ1) is 8.77. The molecule has 2 aliphatic heterocycles. The first-order valence-corrected chi connectivity index (χ1v) is 5.26. The van der Waals surface area contributed by atoms with Crippen LogP contribution in [-0.4, -0.2) is 24.5 Å². The van der Waals surface area contributed by atoms with E-state index in [9.17, 15) is 4.79 Å². The lowest BCUT2D eigenvalue weighted by Gasteiger charge is -2.45. The molecular formula is C12H13NO2. The number of hydrogen-bond acceptors (Lipinski definition) is 2. The first-order chi connectivity index (χ1) is 7.29. The second-order valence-corrected chi connectivity index (χ2v) is 4.12. The van der Waals surface area contributed by atoms with Crippen LogP contribution in [0.3, 0.4) is 0 Å². The molecule has 0 aromatic heterocycles. The van der Waals surface area contributed by atoms with Crippen LogP contribution >= 0.6 is 0 Å². The maximum atomic E-state index is 11.3. The lowest BCUT2D eigenvalue weighted by atomic mass is 9.85. The van der Waals surface area contributed by atoms with Crippen molar-refractivity contribution in [3.05, 3.63) is 29.3 Å². The molecule has 1 amide bonds. The van der Waals surface area contributed by atoms with Crippen molar-refractivity contribution in [2.75, 3.05) is 13.7 Å². The Morgan fingerprint density at radius 1 is 1.47 bits per heavy atom. The molecule has 3 rings (SSSR count). The van der Waals surface area contributed by atoms with Crippen molar-refractivity contribution in [3.63, 3.8) is 0 Å². The predicted octanol–water partition coefficient (Wildman–Crippen LogP) is 1.52. The fourth-order valence-electron chi connectivity index (χ4n) is 2.50. The van der Waals surface area contributed by atoms with Crippen molar-refractivity contribution in [2.24, 2.45) is 0 Å². The minimum atomic E-state index is 0.293. The number of amides is 1. The Morgan fingerprint density at radius 2 is 2.33 bits per heavy atom. The summed E-state index contributed by atoms with van der Waals surface area (Å²) in [5.41, 5.74) is 2.64. The number of hydrogen-bond donors (Lipinski definition) is 0. The number of nitrogens with zero attached hydrogens (tertiary/aromatic N) is 1. The molecule has 0 bridgehead atoms. The summed E-state index contributed by atoms with van der Waals surface area (Å²) >= 11 is 0. The molecule has 0 saturated carbocycles. The van der Waals surface area contributed by atoms with E-state index in [1.807, 2.05) is 11.0 Å². The molecule has 15 heavy (non-hydrogen) atoms. The van der Waals surface area contributed by atoms with Crippen LogP contribution in [-0.2, 0) is 11.2 Å². The summed E-state index contributed by atoms with van der Waals surface area (Å²) in [6.45, 7) is 0.865. The van der Waals surface area contributed by atoms with Crippen LogP contribution in [0.2, 0.25) is 0 Å². The second kappa shape index (κ2) is 2.99. The zero-order valence-electron chi connectivity index (χ0n) is 8.69. The molecule has 3 nitrogen and oxygen atoms in total. The molecular weight excluding hydrogens is 190 g/mol. The molecule has 1 aromatic carbocycles. The molecule has 0 spiro atoms. The average Bonchev–Trinajstić information content (AvgIpc) is 2.26. The van der Waals surface area contributed by atoms with E-state index in [2.05, 4.69) is 12.1 Å². The van der Waals surface area contributed by atoms with Gasteiger partial charge in [0.25, 0.3) is 0 Å². The van der Waals surface area contributed by atoms with Gasteiger partial charge in [-0.2, -0.15) is 0 Å². The van der Waals surface area contributed by atoms with Crippen molar-refractivity contribution in [2.45, 2.75) is 18.9 Å². The fourth-order valence-corrected chi connectivity index (χ4v) is 2.50. The molecule has 0 aliphatic carbocycles. The van der Waals surface area contributed by atoms with Crippen LogP contribution in [0.15, 0.2) is 18.2 Å². The Kier molecular flexibility index (Phi) is 1.75. The zero-order chi connectivity index (χ0) is 10.4. The topological polar surface area (TPSA) is 29.5 Å². The summed E-state index contributed by atoms with van der Waals surface area (Å²) in [4.78, 5) is 13.3. The zero-order valence-corrected chi connectivity index (χ0v) is 8.69. The van der Waals surface area contributed by atoms with E-state index < -0.39 is 0 Å². The molecule has 1 unspecified atom stereocenters. The Morgan fingerprint density at radius 3 is 3.07 bits per heavy atom. The molecule has 0 radical (unpaired) electrons. The lowest BCUT2D eigenvalue weighted by molar-refractivity contribution is -0.147. The fraction of sp³-hybridized carbons (Fsp3) is 0.417. The van der Waals surface area contributed by atoms with Gasteiger partial charge in [-0.25, -0.2) is 0 Å². The van der Waals surface area contributed by atoms with Gasteiger partial charge in [-0.1, -0.05) is 6.07 Å². The maximum Gasteiger partial charge on any atom is 0.225 e. The van der Waals surface area contributed by atoms with Gasteiger partial charge in [0.05, 0.1) is 19.6 Å². The van der Waals surface area contributed by atoms with Crippen molar-refractivity contribution in [3.8, 4) is 5.75 Å². The van der Waals surface area contributed by atoms with Crippen LogP contribution in [0.25, 0.3) is 0 Å². The lowest BCUT2D eigenvalue weighted by Crippen LogP contribution is -2.49. The average molecular weight is 203 g/mol. The third kappa shape index (κ3) is 1.16. The van der Waals surface area contributed by atoms with E-state index in [1.165, 1.54) is 11.1 Å². The van der Waals surface area contributed by atoms with Crippen molar-refractivity contribution >= 4 is 5.91 Å². The molecule has 1 fully saturated rings. The number of carbonyl (C=O) groups excluding carboxylic acids is 1. The highest BCUT2D eigenvalue weighted by molar-refractivity contribution is 5.84. The number of rotatable bonds is 1. The third-order valence-corrected chi connectivity index (χ3v) is 3.40. The maximum absolute atomic E-state index is 11.3. The smallest absolute Gasteiger partial charge is 0.225 e. The van der Waals surface area contributed by atoms with Crippen LogP contribution < -0.4 is 4.74 Å². The van der Waals surface area contributed by atoms with Crippen LogP contribution in [0.4, 0.5) is 0 Å². The number of methoxy groups -OCH3 is 1. The number of fused-ring (bicyclic) bond motifs is 3. The molecule has 3 heteroatoms. The highest BCUT2D eigenvalue weighted by Gasteiger charge is 2.40. The number of β-lactam (4-membered cyclic amide) rings is 1. The Labute approximate surface area is 88.6 Å². The number of benzene rings is 1. The van der Waals surface area contributed by atoms with Crippen LogP contribution in [0.5, 0.6) is 5.75 Å². The van der Waals surface area contributed by atoms with Gasteiger partial charge in [0.15, 0.2) is 0 Å². The van der Waals surface area contributed by atoms with Crippen LogP contribution in [0, 0.1) is 0 Å². The van der Waals surface area contributed by atoms with Gasteiger partial charge in [-0.05, 0) is 29.7 Å². The summed E-state index contributed by atoms with van der Waals surface area (Å²) < 4.78 is 5.20. The van der Waals surface area contributed by atoms with Crippen LogP contribution in [0.1, 0.15) is 23.6 Å². The largest absolute Gasteiger partial charge is 0.497 e.